The largest absolute Gasteiger partial charge is 0.421 e. The highest BCUT2D eigenvalue weighted by Gasteiger charge is 2.10. The van der Waals surface area contributed by atoms with E-state index in [2.05, 4.69) is 9.97 Å². The van der Waals surface area contributed by atoms with E-state index in [1.807, 2.05) is 0 Å². The molecule has 0 unspecified atom stereocenters. The summed E-state index contributed by atoms with van der Waals surface area (Å²) in [5.74, 6) is -0.658. The molecule has 0 saturated heterocycles. The summed E-state index contributed by atoms with van der Waals surface area (Å²) in [6.45, 7) is 2.04. The second kappa shape index (κ2) is 5.29. The zero-order chi connectivity index (χ0) is 13.1. The van der Waals surface area contributed by atoms with Crippen LogP contribution in [0.1, 0.15) is 11.4 Å². The fourth-order valence-electron chi connectivity index (χ4n) is 1.42. The van der Waals surface area contributed by atoms with Crippen LogP contribution in [0.25, 0.3) is 0 Å². The zero-order valence-corrected chi connectivity index (χ0v) is 10.4. The third-order valence-electron chi connectivity index (χ3n) is 2.21. The van der Waals surface area contributed by atoms with Crippen LogP contribution in [-0.2, 0) is 6.54 Å². The third kappa shape index (κ3) is 2.75. The van der Waals surface area contributed by atoms with Crippen LogP contribution in [0.2, 0.25) is 5.02 Å². The van der Waals surface area contributed by atoms with Crippen LogP contribution >= 0.6 is 11.6 Å². The van der Waals surface area contributed by atoms with Gasteiger partial charge < -0.3 is 10.5 Å². The second-order valence-corrected chi connectivity index (χ2v) is 4.05. The summed E-state index contributed by atoms with van der Waals surface area (Å²) in [6, 6.07) is 6.26. The number of hydrogen-bond donors (Lipinski definition) is 1. The SMILES string of the molecule is Cc1cc(CN)nc(Oc2cccc(Cl)c2F)n1. The predicted octanol–water partition coefficient (Wildman–Crippen LogP) is 2.83. The fraction of sp³-hybridized carbons (Fsp3) is 0.167. The van der Waals surface area contributed by atoms with Crippen molar-refractivity contribution in [2.24, 2.45) is 5.73 Å². The lowest BCUT2D eigenvalue weighted by Crippen LogP contribution is -2.04. The predicted molar refractivity (Wildman–Crippen MR) is 66.1 cm³/mol. The maximum absolute atomic E-state index is 13.6. The van der Waals surface area contributed by atoms with Gasteiger partial charge in [0.25, 0.3) is 0 Å². The minimum absolute atomic E-state index is 0.0146. The lowest BCUT2D eigenvalue weighted by Gasteiger charge is -2.07. The van der Waals surface area contributed by atoms with Crippen LogP contribution in [0.4, 0.5) is 4.39 Å². The Morgan fingerprint density at radius 3 is 2.89 bits per heavy atom. The van der Waals surface area contributed by atoms with Gasteiger partial charge in [-0.2, -0.15) is 4.98 Å². The Balaban J connectivity index is 2.34. The van der Waals surface area contributed by atoms with Crippen molar-refractivity contribution in [1.29, 1.82) is 0 Å². The van der Waals surface area contributed by atoms with E-state index in [-0.39, 0.29) is 23.3 Å². The topological polar surface area (TPSA) is 61.0 Å². The number of halogens is 2. The van der Waals surface area contributed by atoms with E-state index < -0.39 is 5.82 Å². The van der Waals surface area contributed by atoms with Gasteiger partial charge in [-0.15, -0.1) is 0 Å². The Labute approximate surface area is 109 Å². The van der Waals surface area contributed by atoms with Crippen molar-refractivity contribution in [2.75, 3.05) is 0 Å². The van der Waals surface area contributed by atoms with Crippen molar-refractivity contribution in [3.05, 3.63) is 46.5 Å². The highest BCUT2D eigenvalue weighted by atomic mass is 35.5. The molecule has 1 aromatic heterocycles. The molecule has 0 spiro atoms. The molecule has 2 N–H and O–H groups in total. The molecule has 0 amide bonds. The van der Waals surface area contributed by atoms with Crippen LogP contribution in [0.15, 0.2) is 24.3 Å². The average Bonchev–Trinajstić information content (AvgIpc) is 2.34. The molecule has 0 aliphatic rings. The smallest absolute Gasteiger partial charge is 0.322 e. The molecule has 1 heterocycles. The number of benzene rings is 1. The summed E-state index contributed by atoms with van der Waals surface area (Å²) >= 11 is 5.65. The molecule has 0 atom stereocenters. The van der Waals surface area contributed by atoms with Crippen LogP contribution in [0.3, 0.4) is 0 Å². The molecule has 0 radical (unpaired) electrons. The van der Waals surface area contributed by atoms with Gasteiger partial charge in [0.05, 0.1) is 10.7 Å². The lowest BCUT2D eigenvalue weighted by atomic mass is 10.3. The molecular formula is C12H11ClFN3O. The average molecular weight is 268 g/mol. The maximum Gasteiger partial charge on any atom is 0.322 e. The van der Waals surface area contributed by atoms with Gasteiger partial charge in [-0.25, -0.2) is 9.37 Å². The summed E-state index contributed by atoms with van der Waals surface area (Å²) in [4.78, 5) is 8.10. The number of aromatic nitrogens is 2. The molecular weight excluding hydrogens is 257 g/mol. The highest BCUT2D eigenvalue weighted by molar-refractivity contribution is 6.30. The molecule has 0 aliphatic heterocycles. The van der Waals surface area contributed by atoms with Crippen molar-refractivity contribution in [3.63, 3.8) is 0 Å². The molecule has 94 valence electrons. The fourth-order valence-corrected chi connectivity index (χ4v) is 1.58. The van der Waals surface area contributed by atoms with Crippen molar-refractivity contribution in [1.82, 2.24) is 9.97 Å². The minimum atomic E-state index is -0.640. The number of nitrogens with zero attached hydrogens (tertiary/aromatic N) is 2. The summed E-state index contributed by atoms with van der Waals surface area (Å²) in [5.41, 5.74) is 6.82. The van der Waals surface area contributed by atoms with E-state index >= 15 is 0 Å². The van der Waals surface area contributed by atoms with E-state index in [9.17, 15) is 4.39 Å². The van der Waals surface area contributed by atoms with Crippen molar-refractivity contribution in [3.8, 4) is 11.8 Å². The minimum Gasteiger partial charge on any atom is -0.421 e. The molecule has 2 rings (SSSR count). The van der Waals surface area contributed by atoms with Crippen molar-refractivity contribution in [2.45, 2.75) is 13.5 Å². The number of nitrogens with two attached hydrogens (primary N) is 1. The van der Waals surface area contributed by atoms with Gasteiger partial charge in [-0.05, 0) is 25.1 Å². The van der Waals surface area contributed by atoms with E-state index in [1.165, 1.54) is 12.1 Å². The van der Waals surface area contributed by atoms with Crippen molar-refractivity contribution < 1.29 is 9.13 Å². The lowest BCUT2D eigenvalue weighted by molar-refractivity contribution is 0.408. The van der Waals surface area contributed by atoms with Gasteiger partial charge in [0.1, 0.15) is 0 Å². The van der Waals surface area contributed by atoms with Gasteiger partial charge in [0.15, 0.2) is 11.6 Å². The molecule has 18 heavy (non-hydrogen) atoms. The van der Waals surface area contributed by atoms with Gasteiger partial charge in [0.2, 0.25) is 0 Å². The molecule has 1 aromatic carbocycles. The van der Waals surface area contributed by atoms with Crippen LogP contribution in [-0.4, -0.2) is 9.97 Å². The van der Waals surface area contributed by atoms with Gasteiger partial charge in [-0.1, -0.05) is 17.7 Å². The molecule has 0 saturated carbocycles. The second-order valence-electron chi connectivity index (χ2n) is 3.64. The summed E-state index contributed by atoms with van der Waals surface area (Å²) < 4.78 is 18.9. The number of rotatable bonds is 3. The first-order valence-corrected chi connectivity index (χ1v) is 5.64. The van der Waals surface area contributed by atoms with Crippen LogP contribution in [0.5, 0.6) is 11.8 Å². The van der Waals surface area contributed by atoms with E-state index in [4.69, 9.17) is 22.1 Å². The quantitative estimate of drug-likeness (QED) is 0.929. The molecule has 0 fully saturated rings. The van der Waals surface area contributed by atoms with Crippen molar-refractivity contribution >= 4 is 11.6 Å². The molecule has 4 nitrogen and oxygen atoms in total. The number of aryl methyl sites for hydroxylation is 1. The Morgan fingerprint density at radius 1 is 1.39 bits per heavy atom. The first-order valence-electron chi connectivity index (χ1n) is 5.26. The molecule has 2 aromatic rings. The Kier molecular flexibility index (Phi) is 3.74. The molecule has 6 heteroatoms. The monoisotopic (exact) mass is 267 g/mol. The van der Waals surface area contributed by atoms with E-state index in [0.717, 1.165) is 0 Å². The third-order valence-corrected chi connectivity index (χ3v) is 2.51. The number of ether oxygens (including phenoxy) is 1. The standard InChI is InChI=1S/C12H11ClFN3O/c1-7-5-8(6-15)17-12(16-7)18-10-4-2-3-9(13)11(10)14/h2-5H,6,15H2,1H3. The highest BCUT2D eigenvalue weighted by Crippen LogP contribution is 2.27. The summed E-state index contributed by atoms with van der Waals surface area (Å²) in [7, 11) is 0. The summed E-state index contributed by atoms with van der Waals surface area (Å²) in [6.07, 6.45) is 0. The van der Waals surface area contributed by atoms with E-state index in [1.54, 1.807) is 19.1 Å². The molecule has 0 aliphatic carbocycles. The van der Waals surface area contributed by atoms with Crippen LogP contribution < -0.4 is 10.5 Å². The van der Waals surface area contributed by atoms with Crippen LogP contribution in [0, 0.1) is 12.7 Å². The van der Waals surface area contributed by atoms with Gasteiger partial charge in [0, 0.05) is 12.2 Å². The number of hydrogen-bond acceptors (Lipinski definition) is 4. The molecule has 0 bridgehead atoms. The Morgan fingerprint density at radius 2 is 2.17 bits per heavy atom. The first kappa shape index (κ1) is 12.7. The Bertz CT molecular complexity index is 577. The van der Waals surface area contributed by atoms with E-state index in [0.29, 0.717) is 11.4 Å². The normalized spacial score (nSPS) is 10.4. The van der Waals surface area contributed by atoms with Gasteiger partial charge >= 0.3 is 6.01 Å². The Hall–Kier alpha value is -1.72. The first-order chi connectivity index (χ1) is 8.60. The van der Waals surface area contributed by atoms with Gasteiger partial charge in [-0.3, -0.25) is 0 Å². The zero-order valence-electron chi connectivity index (χ0n) is 9.65. The maximum atomic E-state index is 13.6. The summed E-state index contributed by atoms with van der Waals surface area (Å²) in [5, 5.41) is -0.0146.